The van der Waals surface area contributed by atoms with E-state index in [-0.39, 0.29) is 5.69 Å². The van der Waals surface area contributed by atoms with E-state index in [1.165, 1.54) is 0 Å². The number of non-ortho nitro benzene ring substituents is 1. The van der Waals surface area contributed by atoms with Crippen molar-refractivity contribution < 1.29 is 31.8 Å². The minimum atomic E-state index is -4.41. The molecule has 0 heterocycles. The van der Waals surface area contributed by atoms with Gasteiger partial charge in [0.05, 0.1) is 9.82 Å². The molecule has 1 N–H and O–H groups in total. The number of nitro benzene ring substituents is 1. The Labute approximate surface area is 102 Å². The van der Waals surface area contributed by atoms with Crippen LogP contribution in [-0.4, -0.2) is 24.9 Å². The highest BCUT2D eigenvalue weighted by Crippen LogP contribution is 2.38. The van der Waals surface area contributed by atoms with Gasteiger partial charge in [0.15, 0.2) is 0 Å². The van der Waals surface area contributed by atoms with E-state index in [0.717, 1.165) is 30.9 Å². The zero-order valence-electron chi connectivity index (χ0n) is 8.92. The Morgan fingerprint density at radius 2 is 1.83 bits per heavy atom. The molecule has 1 aromatic carbocycles. The standard InChI is InChI=1S/C7H8NO8PS/c1-17(11,12)15-16-18(13,14)7-4-2-6(3-5-7)8(9)10/h2-5H,1H3,(H,11,12). The quantitative estimate of drug-likeness (QED) is 0.369. The fourth-order valence-electron chi connectivity index (χ4n) is 0.870. The Hall–Kier alpha value is -1.32. The van der Waals surface area contributed by atoms with Gasteiger partial charge in [-0.05, 0) is 12.1 Å². The Balaban J connectivity index is 2.92. The van der Waals surface area contributed by atoms with Crippen molar-refractivity contribution in [2.75, 3.05) is 6.66 Å². The SMILES string of the molecule is CP(=O)(O)OOS(=O)(=O)c1ccc([N+](=O)[O-])cc1. The van der Waals surface area contributed by atoms with Gasteiger partial charge < -0.3 is 4.89 Å². The third-order valence-corrected chi connectivity index (χ3v) is 3.14. The van der Waals surface area contributed by atoms with Gasteiger partial charge in [0.2, 0.25) is 0 Å². The van der Waals surface area contributed by atoms with E-state index in [1.54, 1.807) is 0 Å². The third-order valence-electron chi connectivity index (χ3n) is 1.59. The predicted octanol–water partition coefficient (Wildman–Crippen LogP) is 1.05. The minimum Gasteiger partial charge on any atom is -0.323 e. The lowest BCUT2D eigenvalue weighted by Crippen LogP contribution is -2.06. The molecule has 0 amide bonds. The summed E-state index contributed by atoms with van der Waals surface area (Å²) in [5, 5.41) is 10.3. The molecule has 100 valence electrons. The summed E-state index contributed by atoms with van der Waals surface area (Å²) in [4.78, 5) is 17.9. The second-order valence-electron chi connectivity index (χ2n) is 3.15. The van der Waals surface area contributed by atoms with Gasteiger partial charge in [-0.2, -0.15) is 8.42 Å². The molecule has 1 aromatic rings. The predicted molar refractivity (Wildman–Crippen MR) is 58.2 cm³/mol. The van der Waals surface area contributed by atoms with E-state index in [0.29, 0.717) is 0 Å². The zero-order valence-corrected chi connectivity index (χ0v) is 10.6. The van der Waals surface area contributed by atoms with Crippen molar-refractivity contribution in [2.24, 2.45) is 0 Å². The maximum atomic E-state index is 11.4. The molecular weight excluding hydrogens is 289 g/mol. The highest BCUT2D eigenvalue weighted by Gasteiger charge is 2.22. The van der Waals surface area contributed by atoms with Gasteiger partial charge in [-0.1, -0.05) is 4.33 Å². The van der Waals surface area contributed by atoms with Crippen molar-refractivity contribution in [3.63, 3.8) is 0 Å². The first-order valence-corrected chi connectivity index (χ1v) is 7.73. The first kappa shape index (κ1) is 14.7. The van der Waals surface area contributed by atoms with Crippen LogP contribution in [0.4, 0.5) is 5.69 Å². The van der Waals surface area contributed by atoms with Crippen LogP contribution in [0.2, 0.25) is 0 Å². The van der Waals surface area contributed by atoms with E-state index in [2.05, 4.69) is 9.01 Å². The van der Waals surface area contributed by atoms with E-state index >= 15 is 0 Å². The Bertz CT molecular complexity index is 588. The molecule has 1 atom stereocenters. The lowest BCUT2D eigenvalue weighted by atomic mass is 10.3. The molecule has 11 heteroatoms. The number of nitro groups is 1. The Morgan fingerprint density at radius 1 is 1.33 bits per heavy atom. The molecule has 0 radical (unpaired) electrons. The maximum absolute atomic E-state index is 11.4. The summed E-state index contributed by atoms with van der Waals surface area (Å²) in [6.07, 6.45) is 0. The first-order valence-electron chi connectivity index (χ1n) is 4.29. The Morgan fingerprint density at radius 3 is 2.22 bits per heavy atom. The van der Waals surface area contributed by atoms with Crippen molar-refractivity contribution in [1.82, 2.24) is 0 Å². The fraction of sp³-hybridized carbons (Fsp3) is 0.143. The average molecular weight is 297 g/mol. The van der Waals surface area contributed by atoms with Crippen LogP contribution in [0.5, 0.6) is 0 Å². The molecule has 0 bridgehead atoms. The van der Waals surface area contributed by atoms with E-state index in [4.69, 9.17) is 4.89 Å². The molecule has 0 spiro atoms. The number of rotatable bonds is 5. The molecule has 1 rings (SSSR count). The van der Waals surface area contributed by atoms with Crippen LogP contribution in [0.1, 0.15) is 0 Å². The molecule has 0 fully saturated rings. The van der Waals surface area contributed by atoms with Crippen molar-refractivity contribution in [3.8, 4) is 0 Å². The highest BCUT2D eigenvalue weighted by atomic mass is 32.2. The topological polar surface area (TPSA) is 133 Å². The molecular formula is C7H8NO8PS. The highest BCUT2D eigenvalue weighted by molar-refractivity contribution is 7.86. The lowest BCUT2D eigenvalue weighted by molar-refractivity contribution is -0.384. The minimum absolute atomic E-state index is 0.307. The van der Waals surface area contributed by atoms with Gasteiger partial charge in [-0.3, -0.25) is 14.7 Å². The number of hydrogen-bond donors (Lipinski definition) is 1. The van der Waals surface area contributed by atoms with Crippen LogP contribution in [0, 0.1) is 10.1 Å². The lowest BCUT2D eigenvalue weighted by Gasteiger charge is -2.06. The first-order chi connectivity index (χ1) is 8.12. The summed E-state index contributed by atoms with van der Waals surface area (Å²) in [6.45, 7) is 0.734. The van der Waals surface area contributed by atoms with Crippen LogP contribution in [-0.2, 0) is 23.7 Å². The van der Waals surface area contributed by atoms with Crippen molar-refractivity contribution in [3.05, 3.63) is 34.4 Å². The van der Waals surface area contributed by atoms with Crippen molar-refractivity contribution in [2.45, 2.75) is 4.90 Å². The summed E-state index contributed by atoms with van der Waals surface area (Å²) in [6, 6.07) is 3.71. The molecule has 0 aliphatic heterocycles. The summed E-state index contributed by atoms with van der Waals surface area (Å²) < 4.78 is 41.2. The third kappa shape index (κ3) is 4.17. The van der Waals surface area contributed by atoms with Gasteiger partial charge in [0.1, 0.15) is 0 Å². The maximum Gasteiger partial charge on any atom is 0.354 e. The van der Waals surface area contributed by atoms with Crippen LogP contribution >= 0.6 is 7.60 Å². The molecule has 0 saturated carbocycles. The summed E-state index contributed by atoms with van der Waals surface area (Å²) in [5.74, 6) is 0. The van der Waals surface area contributed by atoms with Crippen molar-refractivity contribution in [1.29, 1.82) is 0 Å². The molecule has 1 unspecified atom stereocenters. The van der Waals surface area contributed by atoms with Gasteiger partial charge >= 0.3 is 17.7 Å². The summed E-state index contributed by atoms with van der Waals surface area (Å²) in [7, 11) is -8.53. The van der Waals surface area contributed by atoms with Gasteiger partial charge in [0.25, 0.3) is 5.69 Å². The molecule has 0 aliphatic rings. The number of hydrogen-bond acceptors (Lipinski definition) is 7. The second-order valence-corrected chi connectivity index (χ2v) is 6.42. The van der Waals surface area contributed by atoms with Gasteiger partial charge in [-0.15, -0.1) is 4.67 Å². The van der Waals surface area contributed by atoms with Gasteiger partial charge in [-0.25, -0.2) is 0 Å². The average Bonchev–Trinajstić information content (AvgIpc) is 2.26. The molecule has 0 aromatic heterocycles. The summed E-state index contributed by atoms with van der Waals surface area (Å²) in [5.41, 5.74) is -0.307. The number of nitrogens with zero attached hydrogens (tertiary/aromatic N) is 1. The zero-order chi connectivity index (χ0) is 14.0. The van der Waals surface area contributed by atoms with Crippen LogP contribution in [0.3, 0.4) is 0 Å². The monoisotopic (exact) mass is 297 g/mol. The van der Waals surface area contributed by atoms with E-state index in [1.807, 2.05) is 0 Å². The molecule has 0 aliphatic carbocycles. The molecule has 0 saturated heterocycles. The normalized spacial score (nSPS) is 15.0. The fourth-order valence-corrected chi connectivity index (χ4v) is 2.19. The van der Waals surface area contributed by atoms with Gasteiger partial charge in [0, 0.05) is 18.8 Å². The van der Waals surface area contributed by atoms with E-state index in [9.17, 15) is 23.1 Å². The van der Waals surface area contributed by atoms with Crippen LogP contribution < -0.4 is 0 Å². The molecule has 9 nitrogen and oxygen atoms in total. The van der Waals surface area contributed by atoms with Crippen LogP contribution in [0.25, 0.3) is 0 Å². The largest absolute Gasteiger partial charge is 0.354 e. The smallest absolute Gasteiger partial charge is 0.323 e. The second kappa shape index (κ2) is 5.12. The molecule has 18 heavy (non-hydrogen) atoms. The van der Waals surface area contributed by atoms with Crippen LogP contribution in [0.15, 0.2) is 29.2 Å². The van der Waals surface area contributed by atoms with Crippen molar-refractivity contribution >= 4 is 23.4 Å². The Kier molecular flexibility index (Phi) is 4.20. The van der Waals surface area contributed by atoms with E-state index < -0.39 is 27.5 Å². The number of benzene rings is 1. The summed E-state index contributed by atoms with van der Waals surface area (Å²) >= 11 is 0.